The van der Waals surface area contributed by atoms with Gasteiger partial charge in [-0.15, -0.1) is 0 Å². The van der Waals surface area contributed by atoms with Crippen LogP contribution in [0.1, 0.15) is 50.0 Å². The van der Waals surface area contributed by atoms with Gasteiger partial charge in [-0.25, -0.2) is 4.98 Å². The van der Waals surface area contributed by atoms with Crippen LogP contribution < -0.4 is 5.32 Å². The molecule has 0 radical (unpaired) electrons. The van der Waals surface area contributed by atoms with E-state index in [0.717, 1.165) is 34.4 Å². The van der Waals surface area contributed by atoms with Crippen LogP contribution in [0.4, 0.5) is 0 Å². The zero-order valence-corrected chi connectivity index (χ0v) is 12.8. The van der Waals surface area contributed by atoms with E-state index in [1.165, 1.54) is 37.9 Å². The number of halogens is 1. The van der Waals surface area contributed by atoms with E-state index in [4.69, 9.17) is 16.6 Å². The first-order valence-corrected chi connectivity index (χ1v) is 8.60. The molecule has 2 aromatic rings. The summed E-state index contributed by atoms with van der Waals surface area (Å²) in [7, 11) is 0. The number of para-hydroxylation sites is 1. The van der Waals surface area contributed by atoms with Gasteiger partial charge in [-0.2, -0.15) is 0 Å². The van der Waals surface area contributed by atoms with Crippen molar-refractivity contribution >= 4 is 22.6 Å². The number of nitrogens with one attached hydrogen (secondary N) is 1. The summed E-state index contributed by atoms with van der Waals surface area (Å²) < 4.78 is 2.45. The lowest BCUT2D eigenvalue weighted by Gasteiger charge is -2.19. The second-order valence-electron chi connectivity index (χ2n) is 6.92. The Morgan fingerprint density at radius 2 is 2.10 bits per heavy atom. The van der Waals surface area contributed by atoms with E-state index in [9.17, 15) is 0 Å². The van der Waals surface area contributed by atoms with E-state index < -0.39 is 0 Å². The van der Waals surface area contributed by atoms with Crippen molar-refractivity contribution < 1.29 is 0 Å². The molecule has 4 heteroatoms. The van der Waals surface area contributed by atoms with E-state index in [1.54, 1.807) is 0 Å². The van der Waals surface area contributed by atoms with E-state index in [2.05, 4.69) is 16.0 Å². The number of imidazole rings is 1. The molecule has 1 saturated heterocycles. The zero-order chi connectivity index (χ0) is 14.0. The molecule has 2 heterocycles. The van der Waals surface area contributed by atoms with Crippen LogP contribution in [0.15, 0.2) is 18.2 Å². The standard InChI is InChI=1S/C17H20ClN3/c18-13-5-2-6-14-16(13)21(11-7-8-11)17(20-14)15-12-4-1-3-10(12)9-19-15/h2,5-6,10-12,15,19H,1,3-4,7-9H2. The maximum atomic E-state index is 6.48. The summed E-state index contributed by atoms with van der Waals surface area (Å²) in [5.41, 5.74) is 2.22. The highest BCUT2D eigenvalue weighted by Gasteiger charge is 2.43. The van der Waals surface area contributed by atoms with Gasteiger partial charge < -0.3 is 9.88 Å². The molecule has 3 unspecified atom stereocenters. The first kappa shape index (κ1) is 12.5. The van der Waals surface area contributed by atoms with E-state index in [-0.39, 0.29) is 0 Å². The van der Waals surface area contributed by atoms with Gasteiger partial charge in [0.15, 0.2) is 0 Å². The first-order valence-electron chi connectivity index (χ1n) is 8.22. The van der Waals surface area contributed by atoms with Gasteiger partial charge in [0.2, 0.25) is 0 Å². The lowest BCUT2D eigenvalue weighted by atomic mass is 9.93. The van der Waals surface area contributed by atoms with Crippen molar-refractivity contribution in [2.45, 2.75) is 44.2 Å². The van der Waals surface area contributed by atoms with Gasteiger partial charge in [-0.05, 0) is 56.2 Å². The summed E-state index contributed by atoms with van der Waals surface area (Å²) in [5, 5.41) is 4.60. The largest absolute Gasteiger partial charge is 0.322 e. The first-order chi connectivity index (χ1) is 10.3. The number of rotatable bonds is 2. The van der Waals surface area contributed by atoms with Gasteiger partial charge in [0, 0.05) is 6.04 Å². The highest BCUT2D eigenvalue weighted by atomic mass is 35.5. The van der Waals surface area contributed by atoms with Crippen LogP contribution in [0.2, 0.25) is 5.02 Å². The predicted molar refractivity (Wildman–Crippen MR) is 84.6 cm³/mol. The van der Waals surface area contributed by atoms with Crippen LogP contribution in [0.3, 0.4) is 0 Å². The van der Waals surface area contributed by atoms with Crippen molar-refractivity contribution in [2.24, 2.45) is 11.8 Å². The fraction of sp³-hybridized carbons (Fsp3) is 0.588. The highest BCUT2D eigenvalue weighted by Crippen LogP contribution is 2.48. The Kier molecular flexibility index (Phi) is 2.65. The van der Waals surface area contributed by atoms with Gasteiger partial charge in [0.1, 0.15) is 5.82 Å². The average Bonchev–Trinajstić information content (AvgIpc) is 2.93. The molecule has 1 aromatic heterocycles. The maximum Gasteiger partial charge on any atom is 0.127 e. The number of aromatic nitrogens is 2. The Hall–Kier alpha value is -1.06. The smallest absolute Gasteiger partial charge is 0.127 e. The molecule has 3 aliphatic rings. The predicted octanol–water partition coefficient (Wildman–Crippen LogP) is 4.09. The molecule has 1 aliphatic heterocycles. The van der Waals surface area contributed by atoms with Crippen LogP contribution in [0, 0.1) is 11.8 Å². The average molecular weight is 302 g/mol. The monoisotopic (exact) mass is 301 g/mol. The minimum Gasteiger partial charge on any atom is -0.322 e. The van der Waals surface area contributed by atoms with Crippen molar-refractivity contribution in [3.63, 3.8) is 0 Å². The quantitative estimate of drug-likeness (QED) is 0.905. The minimum atomic E-state index is 0.432. The lowest BCUT2D eigenvalue weighted by Crippen LogP contribution is -2.22. The third-order valence-electron chi connectivity index (χ3n) is 5.62. The third kappa shape index (κ3) is 1.80. The summed E-state index contributed by atoms with van der Waals surface area (Å²) in [5.74, 6) is 2.88. The maximum absolute atomic E-state index is 6.48. The van der Waals surface area contributed by atoms with Crippen LogP contribution in [0.25, 0.3) is 11.0 Å². The summed E-state index contributed by atoms with van der Waals surface area (Å²) in [4.78, 5) is 4.99. The summed E-state index contributed by atoms with van der Waals surface area (Å²) in [6.07, 6.45) is 6.66. The number of hydrogen-bond acceptors (Lipinski definition) is 2. The van der Waals surface area contributed by atoms with Crippen molar-refractivity contribution in [2.75, 3.05) is 6.54 Å². The van der Waals surface area contributed by atoms with E-state index in [0.29, 0.717) is 12.1 Å². The second-order valence-corrected chi connectivity index (χ2v) is 7.33. The van der Waals surface area contributed by atoms with Gasteiger partial charge in [0.25, 0.3) is 0 Å². The van der Waals surface area contributed by atoms with E-state index in [1.807, 2.05) is 12.1 Å². The molecule has 1 N–H and O–H groups in total. The molecule has 0 amide bonds. The lowest BCUT2D eigenvalue weighted by molar-refractivity contribution is 0.398. The van der Waals surface area contributed by atoms with Gasteiger partial charge in [-0.1, -0.05) is 24.1 Å². The molecular formula is C17H20ClN3. The van der Waals surface area contributed by atoms with Crippen molar-refractivity contribution in [3.05, 3.63) is 29.0 Å². The number of benzene rings is 1. The van der Waals surface area contributed by atoms with Gasteiger partial charge in [0.05, 0.1) is 22.1 Å². The van der Waals surface area contributed by atoms with Crippen LogP contribution >= 0.6 is 11.6 Å². The second kappa shape index (κ2) is 4.47. The minimum absolute atomic E-state index is 0.432. The highest BCUT2D eigenvalue weighted by molar-refractivity contribution is 6.35. The number of nitrogens with zero attached hydrogens (tertiary/aromatic N) is 2. The van der Waals surface area contributed by atoms with Crippen LogP contribution in [-0.2, 0) is 0 Å². The zero-order valence-electron chi connectivity index (χ0n) is 12.1. The molecule has 5 rings (SSSR count). The van der Waals surface area contributed by atoms with Gasteiger partial charge in [-0.3, -0.25) is 0 Å². The molecule has 2 aliphatic carbocycles. The molecule has 1 aromatic carbocycles. The van der Waals surface area contributed by atoms with Gasteiger partial charge >= 0.3 is 0 Å². The molecule has 3 atom stereocenters. The Bertz CT molecular complexity index is 703. The third-order valence-corrected chi connectivity index (χ3v) is 5.93. The summed E-state index contributed by atoms with van der Waals surface area (Å²) in [6, 6.07) is 7.16. The molecule has 0 spiro atoms. The number of hydrogen-bond donors (Lipinski definition) is 1. The molecule has 2 saturated carbocycles. The number of fused-ring (bicyclic) bond motifs is 2. The van der Waals surface area contributed by atoms with Crippen molar-refractivity contribution in [3.8, 4) is 0 Å². The summed E-state index contributed by atoms with van der Waals surface area (Å²) >= 11 is 6.48. The Morgan fingerprint density at radius 1 is 1.19 bits per heavy atom. The Labute approximate surface area is 129 Å². The molecule has 3 nitrogen and oxygen atoms in total. The fourth-order valence-electron chi connectivity index (χ4n) is 4.52. The molecule has 3 fully saturated rings. The van der Waals surface area contributed by atoms with Crippen molar-refractivity contribution in [1.82, 2.24) is 14.9 Å². The van der Waals surface area contributed by atoms with Crippen LogP contribution in [0.5, 0.6) is 0 Å². The van der Waals surface area contributed by atoms with E-state index >= 15 is 0 Å². The SMILES string of the molecule is Clc1cccc2nc(C3NCC4CCCC43)n(C3CC3)c12. The topological polar surface area (TPSA) is 29.9 Å². The summed E-state index contributed by atoms with van der Waals surface area (Å²) in [6.45, 7) is 1.16. The van der Waals surface area contributed by atoms with Crippen molar-refractivity contribution in [1.29, 1.82) is 0 Å². The molecular weight excluding hydrogens is 282 g/mol. The fourth-order valence-corrected chi connectivity index (χ4v) is 4.78. The Morgan fingerprint density at radius 3 is 2.95 bits per heavy atom. The molecule has 21 heavy (non-hydrogen) atoms. The molecule has 110 valence electrons. The Balaban J connectivity index is 1.69. The van der Waals surface area contributed by atoms with Crippen LogP contribution in [-0.4, -0.2) is 16.1 Å². The molecule has 0 bridgehead atoms. The normalized spacial score (nSPS) is 32.0.